The number of anilines is 3. The van der Waals surface area contributed by atoms with E-state index in [9.17, 15) is 0 Å². The summed E-state index contributed by atoms with van der Waals surface area (Å²) in [5.74, 6) is 1.78. The molecule has 0 atom stereocenters. The van der Waals surface area contributed by atoms with Crippen LogP contribution in [0.25, 0.3) is 0 Å². The second kappa shape index (κ2) is 7.40. The average molecular weight is 311 g/mol. The molecule has 1 aromatic carbocycles. The number of benzene rings is 1. The highest BCUT2D eigenvalue weighted by atomic mass is 15.3. The van der Waals surface area contributed by atoms with Crippen LogP contribution in [0.5, 0.6) is 0 Å². The maximum Gasteiger partial charge on any atom is 0.249 e. The average Bonchev–Trinajstić information content (AvgIpc) is 2.56. The Bertz CT molecular complexity index is 635. The van der Waals surface area contributed by atoms with Gasteiger partial charge in [-0.05, 0) is 30.4 Å². The molecule has 23 heavy (non-hydrogen) atoms. The van der Waals surface area contributed by atoms with Crippen molar-refractivity contribution >= 4 is 17.5 Å². The molecule has 1 saturated carbocycles. The molecule has 0 bridgehead atoms. The number of para-hydroxylation sites is 1. The molecule has 0 spiro atoms. The van der Waals surface area contributed by atoms with Gasteiger partial charge in [0.25, 0.3) is 0 Å². The van der Waals surface area contributed by atoms with E-state index in [1.165, 1.54) is 37.7 Å². The molecular formula is C18H25N5. The summed E-state index contributed by atoms with van der Waals surface area (Å²) in [7, 11) is 0. The van der Waals surface area contributed by atoms with E-state index >= 15 is 0 Å². The number of hydrogen-bond acceptors (Lipinski definition) is 5. The first-order chi connectivity index (χ1) is 11.2. The van der Waals surface area contributed by atoms with Crippen molar-refractivity contribution in [3.63, 3.8) is 0 Å². The van der Waals surface area contributed by atoms with Crippen LogP contribution in [0, 0.1) is 0 Å². The fraction of sp³-hybridized carbons (Fsp3) is 0.500. The van der Waals surface area contributed by atoms with Gasteiger partial charge in [0.2, 0.25) is 5.95 Å². The molecule has 1 aliphatic carbocycles. The molecule has 5 nitrogen and oxygen atoms in total. The first kappa shape index (κ1) is 15.7. The molecule has 122 valence electrons. The Hall–Kier alpha value is -2.17. The highest BCUT2D eigenvalue weighted by Crippen LogP contribution is 2.26. The number of nitrogens with one attached hydrogen (secondary N) is 2. The molecule has 1 aromatic heterocycles. The van der Waals surface area contributed by atoms with Gasteiger partial charge < -0.3 is 10.6 Å². The van der Waals surface area contributed by atoms with Crippen molar-refractivity contribution in [3.8, 4) is 0 Å². The summed E-state index contributed by atoms with van der Waals surface area (Å²) in [5.41, 5.74) is 2.29. The molecule has 3 rings (SSSR count). The fourth-order valence-corrected chi connectivity index (χ4v) is 3.12. The third kappa shape index (κ3) is 4.18. The predicted molar refractivity (Wildman–Crippen MR) is 94.1 cm³/mol. The monoisotopic (exact) mass is 311 g/mol. The lowest BCUT2D eigenvalue weighted by molar-refractivity contribution is 0.461. The third-order valence-corrected chi connectivity index (χ3v) is 4.35. The maximum absolute atomic E-state index is 4.57. The van der Waals surface area contributed by atoms with Crippen molar-refractivity contribution in [3.05, 3.63) is 36.0 Å². The van der Waals surface area contributed by atoms with E-state index in [0.717, 1.165) is 11.5 Å². The molecular weight excluding hydrogens is 286 g/mol. The molecule has 0 radical (unpaired) electrons. The van der Waals surface area contributed by atoms with Gasteiger partial charge in [-0.1, -0.05) is 51.3 Å². The molecule has 0 saturated heterocycles. The van der Waals surface area contributed by atoms with Crippen molar-refractivity contribution in [1.82, 2.24) is 15.2 Å². The zero-order valence-electron chi connectivity index (χ0n) is 13.9. The number of hydrogen-bond donors (Lipinski definition) is 2. The molecule has 2 aromatic rings. The number of aromatic nitrogens is 3. The Morgan fingerprint density at radius 1 is 1.09 bits per heavy atom. The van der Waals surface area contributed by atoms with Gasteiger partial charge in [-0.3, -0.25) is 0 Å². The van der Waals surface area contributed by atoms with Gasteiger partial charge in [0.05, 0.1) is 6.20 Å². The molecule has 1 heterocycles. The predicted octanol–water partition coefficient (Wildman–Crippen LogP) is 4.48. The van der Waals surface area contributed by atoms with E-state index < -0.39 is 0 Å². The van der Waals surface area contributed by atoms with Crippen molar-refractivity contribution in [2.24, 2.45) is 0 Å². The Kier molecular flexibility index (Phi) is 5.05. The van der Waals surface area contributed by atoms with Gasteiger partial charge in [0.1, 0.15) is 0 Å². The van der Waals surface area contributed by atoms with E-state index in [2.05, 4.69) is 57.9 Å². The Morgan fingerprint density at radius 2 is 1.87 bits per heavy atom. The summed E-state index contributed by atoms with van der Waals surface area (Å²) in [6.07, 6.45) is 8.06. The quantitative estimate of drug-likeness (QED) is 0.852. The van der Waals surface area contributed by atoms with Crippen LogP contribution in [0.15, 0.2) is 30.5 Å². The normalized spacial score (nSPS) is 15.6. The zero-order valence-corrected chi connectivity index (χ0v) is 13.9. The second-order valence-electron chi connectivity index (χ2n) is 6.51. The van der Waals surface area contributed by atoms with Crippen molar-refractivity contribution in [2.75, 3.05) is 10.6 Å². The van der Waals surface area contributed by atoms with Crippen LogP contribution in [0.4, 0.5) is 17.5 Å². The first-order valence-corrected chi connectivity index (χ1v) is 8.54. The van der Waals surface area contributed by atoms with Crippen LogP contribution < -0.4 is 10.6 Å². The molecule has 0 unspecified atom stereocenters. The minimum Gasteiger partial charge on any atom is -0.366 e. The SMILES string of the molecule is CC(C)c1ccccc1Nc1nncc(NC2CCCCC2)n1. The molecule has 0 amide bonds. The van der Waals surface area contributed by atoms with Crippen LogP contribution in [-0.2, 0) is 0 Å². The lowest BCUT2D eigenvalue weighted by Crippen LogP contribution is -2.23. The summed E-state index contributed by atoms with van der Waals surface area (Å²) < 4.78 is 0. The van der Waals surface area contributed by atoms with Crippen LogP contribution >= 0.6 is 0 Å². The van der Waals surface area contributed by atoms with E-state index in [4.69, 9.17) is 0 Å². The van der Waals surface area contributed by atoms with Gasteiger partial charge in [-0.25, -0.2) is 0 Å². The van der Waals surface area contributed by atoms with Crippen molar-refractivity contribution in [2.45, 2.75) is 57.9 Å². The zero-order chi connectivity index (χ0) is 16.1. The van der Waals surface area contributed by atoms with Gasteiger partial charge >= 0.3 is 0 Å². The van der Waals surface area contributed by atoms with Crippen LogP contribution in [-0.4, -0.2) is 21.2 Å². The van der Waals surface area contributed by atoms with Crippen molar-refractivity contribution < 1.29 is 0 Å². The lowest BCUT2D eigenvalue weighted by atomic mass is 9.96. The third-order valence-electron chi connectivity index (χ3n) is 4.35. The van der Waals surface area contributed by atoms with Gasteiger partial charge in [0.15, 0.2) is 5.82 Å². The highest BCUT2D eigenvalue weighted by molar-refractivity contribution is 5.59. The summed E-state index contributed by atoms with van der Waals surface area (Å²) in [6.45, 7) is 4.36. The number of nitrogens with zero attached hydrogens (tertiary/aromatic N) is 3. The van der Waals surface area contributed by atoms with Gasteiger partial charge in [0, 0.05) is 11.7 Å². The maximum atomic E-state index is 4.57. The summed E-state index contributed by atoms with van der Waals surface area (Å²) in [6, 6.07) is 8.77. The van der Waals surface area contributed by atoms with Crippen LogP contribution in [0.3, 0.4) is 0 Å². The van der Waals surface area contributed by atoms with E-state index in [-0.39, 0.29) is 0 Å². The Labute approximate surface area is 137 Å². The van der Waals surface area contributed by atoms with Gasteiger partial charge in [-0.15, -0.1) is 5.10 Å². The van der Waals surface area contributed by atoms with E-state index in [1.54, 1.807) is 6.20 Å². The minimum atomic E-state index is 0.440. The molecule has 0 aliphatic heterocycles. The van der Waals surface area contributed by atoms with Crippen LogP contribution in [0.2, 0.25) is 0 Å². The second-order valence-corrected chi connectivity index (χ2v) is 6.51. The van der Waals surface area contributed by atoms with E-state index in [1.807, 2.05) is 6.07 Å². The van der Waals surface area contributed by atoms with Crippen LogP contribution in [0.1, 0.15) is 57.4 Å². The Morgan fingerprint density at radius 3 is 2.65 bits per heavy atom. The van der Waals surface area contributed by atoms with Crippen molar-refractivity contribution in [1.29, 1.82) is 0 Å². The first-order valence-electron chi connectivity index (χ1n) is 8.54. The molecule has 1 fully saturated rings. The molecule has 5 heteroatoms. The smallest absolute Gasteiger partial charge is 0.249 e. The molecule has 1 aliphatic rings. The topological polar surface area (TPSA) is 62.7 Å². The number of rotatable bonds is 5. The fourth-order valence-electron chi connectivity index (χ4n) is 3.12. The Balaban J connectivity index is 1.72. The summed E-state index contributed by atoms with van der Waals surface area (Å²) >= 11 is 0. The summed E-state index contributed by atoms with van der Waals surface area (Å²) in [5, 5.41) is 15.0. The largest absolute Gasteiger partial charge is 0.366 e. The van der Waals surface area contributed by atoms with Gasteiger partial charge in [-0.2, -0.15) is 10.1 Å². The minimum absolute atomic E-state index is 0.440. The lowest BCUT2D eigenvalue weighted by Gasteiger charge is -2.23. The summed E-state index contributed by atoms with van der Waals surface area (Å²) in [4.78, 5) is 4.57. The standard InChI is InChI=1S/C18H25N5/c1-13(2)15-10-6-7-11-16(15)21-18-22-17(12-19-23-18)20-14-8-4-3-5-9-14/h6-7,10-14H,3-5,8-9H2,1-2H3,(H2,20,21,22,23). The highest BCUT2D eigenvalue weighted by Gasteiger charge is 2.14. The van der Waals surface area contributed by atoms with E-state index in [0.29, 0.717) is 17.9 Å². The molecule has 2 N–H and O–H groups in total.